The summed E-state index contributed by atoms with van der Waals surface area (Å²) in [6.45, 7) is 0. The molecule has 57 heavy (non-hydrogen) atoms. The van der Waals surface area contributed by atoms with Crippen LogP contribution >= 0.6 is 0 Å². The highest BCUT2D eigenvalue weighted by molar-refractivity contribution is 6.13. The van der Waals surface area contributed by atoms with Gasteiger partial charge in [-0.2, -0.15) is 9.97 Å². The van der Waals surface area contributed by atoms with Gasteiger partial charge in [-0.15, -0.1) is 0 Å². The van der Waals surface area contributed by atoms with Gasteiger partial charge in [-0.1, -0.05) is 140 Å². The van der Waals surface area contributed by atoms with E-state index in [1.807, 2.05) is 18.2 Å². The molecule has 12 rings (SSSR count). The van der Waals surface area contributed by atoms with Gasteiger partial charge in [-0.3, -0.25) is 4.57 Å². The van der Waals surface area contributed by atoms with Gasteiger partial charge in [0, 0.05) is 49.1 Å². The minimum Gasteiger partial charge on any atom is -0.456 e. The number of rotatable bonds is 5. The summed E-state index contributed by atoms with van der Waals surface area (Å²) in [4.78, 5) is 15.7. The zero-order chi connectivity index (χ0) is 37.5. The van der Waals surface area contributed by atoms with Crippen molar-refractivity contribution in [2.75, 3.05) is 0 Å². The molecule has 0 aliphatic heterocycles. The number of aromatic nitrogens is 5. The quantitative estimate of drug-likeness (QED) is 0.177. The van der Waals surface area contributed by atoms with Crippen LogP contribution in [0, 0.1) is 0 Å². The number of hydrogen-bond donors (Lipinski definition) is 0. The van der Waals surface area contributed by atoms with Crippen molar-refractivity contribution in [2.45, 2.75) is 0 Å². The first kappa shape index (κ1) is 31.5. The van der Waals surface area contributed by atoms with Crippen molar-refractivity contribution in [1.82, 2.24) is 24.1 Å². The normalized spacial score (nSPS) is 11.9. The lowest BCUT2D eigenvalue weighted by molar-refractivity contribution is 0.669. The van der Waals surface area contributed by atoms with E-state index in [1.165, 1.54) is 10.8 Å². The fourth-order valence-electron chi connectivity index (χ4n) is 8.66. The molecule has 8 aromatic carbocycles. The third kappa shape index (κ3) is 4.87. The van der Waals surface area contributed by atoms with Gasteiger partial charge in [0.05, 0.1) is 22.1 Å². The standard InChI is InChI=1S/C51H31N5O/c1-6-21-42-37(15-1)38-16-2-7-22-43(38)55(42)35-14-11-13-34(31-35)50-52-49(53-51(54-50)56-44-23-8-3-17-39(44)40-18-4-9-24-45(40)56)33-29-27-32(28-30-33)36-20-12-26-47-48(36)41-19-5-10-25-46(41)57-47/h1-31H. The van der Waals surface area contributed by atoms with Crippen molar-refractivity contribution in [3.63, 3.8) is 0 Å². The number of hydrogen-bond acceptors (Lipinski definition) is 4. The van der Waals surface area contributed by atoms with Crippen LogP contribution in [0.25, 0.3) is 111 Å². The number of fused-ring (bicyclic) bond motifs is 9. The highest BCUT2D eigenvalue weighted by Gasteiger charge is 2.19. The molecule has 0 N–H and O–H groups in total. The molecule has 6 heteroatoms. The van der Waals surface area contributed by atoms with Crippen molar-refractivity contribution < 1.29 is 4.42 Å². The Balaban J connectivity index is 1.05. The average Bonchev–Trinajstić information content (AvgIpc) is 3.94. The minimum atomic E-state index is 0.563. The molecule has 0 saturated heterocycles. The van der Waals surface area contributed by atoms with Gasteiger partial charge < -0.3 is 8.98 Å². The molecule has 0 saturated carbocycles. The van der Waals surface area contributed by atoms with Crippen molar-refractivity contribution in [3.05, 3.63) is 188 Å². The molecule has 0 bridgehead atoms. The van der Waals surface area contributed by atoms with Crippen LogP contribution in [0.3, 0.4) is 0 Å². The van der Waals surface area contributed by atoms with Gasteiger partial charge in [0.25, 0.3) is 0 Å². The summed E-state index contributed by atoms with van der Waals surface area (Å²) < 4.78 is 10.7. The maximum atomic E-state index is 6.22. The second kappa shape index (κ2) is 12.3. The molecule has 0 amide bonds. The fraction of sp³-hybridized carbons (Fsp3) is 0. The monoisotopic (exact) mass is 729 g/mol. The summed E-state index contributed by atoms with van der Waals surface area (Å²) in [5.74, 6) is 1.75. The number of nitrogens with zero attached hydrogens (tertiary/aromatic N) is 5. The fourth-order valence-corrected chi connectivity index (χ4v) is 8.66. The molecular weight excluding hydrogens is 699 g/mol. The van der Waals surface area contributed by atoms with Gasteiger partial charge in [0.2, 0.25) is 5.95 Å². The van der Waals surface area contributed by atoms with Crippen LogP contribution in [-0.2, 0) is 0 Å². The number of para-hydroxylation sites is 5. The van der Waals surface area contributed by atoms with E-state index in [1.54, 1.807) is 0 Å². The lowest BCUT2D eigenvalue weighted by Gasteiger charge is -2.13. The van der Waals surface area contributed by atoms with Gasteiger partial charge >= 0.3 is 0 Å². The van der Waals surface area contributed by atoms with Crippen LogP contribution in [0.4, 0.5) is 0 Å². The van der Waals surface area contributed by atoms with Gasteiger partial charge in [0.1, 0.15) is 11.2 Å². The van der Waals surface area contributed by atoms with Gasteiger partial charge in [0.15, 0.2) is 11.6 Å². The second-order valence-corrected chi connectivity index (χ2v) is 14.4. The third-order valence-corrected chi connectivity index (χ3v) is 11.2. The lowest BCUT2D eigenvalue weighted by atomic mass is 9.98. The lowest BCUT2D eigenvalue weighted by Crippen LogP contribution is -2.06. The molecule has 0 spiro atoms. The zero-order valence-electron chi connectivity index (χ0n) is 30.5. The molecule has 0 radical (unpaired) electrons. The van der Waals surface area contributed by atoms with E-state index in [0.29, 0.717) is 17.6 Å². The van der Waals surface area contributed by atoms with Crippen LogP contribution < -0.4 is 0 Å². The van der Waals surface area contributed by atoms with E-state index in [2.05, 4.69) is 179 Å². The van der Waals surface area contributed by atoms with Crippen molar-refractivity contribution in [3.8, 4) is 45.5 Å². The van der Waals surface area contributed by atoms with Crippen molar-refractivity contribution in [1.29, 1.82) is 0 Å². The first-order chi connectivity index (χ1) is 28.3. The molecule has 0 atom stereocenters. The average molecular weight is 730 g/mol. The largest absolute Gasteiger partial charge is 0.456 e. The topological polar surface area (TPSA) is 61.7 Å². The van der Waals surface area contributed by atoms with Crippen molar-refractivity contribution >= 4 is 65.6 Å². The second-order valence-electron chi connectivity index (χ2n) is 14.4. The Morgan fingerprint density at radius 2 is 0.842 bits per heavy atom. The molecule has 0 unspecified atom stereocenters. The van der Waals surface area contributed by atoms with Crippen LogP contribution in [0.1, 0.15) is 0 Å². The highest BCUT2D eigenvalue weighted by atomic mass is 16.3. The molecule has 0 aliphatic carbocycles. The van der Waals surface area contributed by atoms with E-state index >= 15 is 0 Å². The summed E-state index contributed by atoms with van der Waals surface area (Å²) >= 11 is 0. The first-order valence-electron chi connectivity index (χ1n) is 19.1. The Morgan fingerprint density at radius 1 is 0.351 bits per heavy atom. The maximum Gasteiger partial charge on any atom is 0.238 e. The first-order valence-corrected chi connectivity index (χ1v) is 19.1. The number of furan rings is 1. The zero-order valence-corrected chi connectivity index (χ0v) is 30.5. The molecule has 266 valence electrons. The molecule has 12 aromatic rings. The minimum absolute atomic E-state index is 0.563. The Kier molecular flexibility index (Phi) is 6.83. The smallest absolute Gasteiger partial charge is 0.238 e. The molecule has 6 nitrogen and oxygen atoms in total. The van der Waals surface area contributed by atoms with E-state index < -0.39 is 0 Å². The van der Waals surface area contributed by atoms with Crippen LogP contribution in [0.15, 0.2) is 192 Å². The predicted octanol–water partition coefficient (Wildman–Crippen LogP) is 13.0. The molecule has 0 fully saturated rings. The Labute approximate surface area is 326 Å². The van der Waals surface area contributed by atoms with Gasteiger partial charge in [-0.25, -0.2) is 4.98 Å². The molecular formula is C51H31N5O. The van der Waals surface area contributed by atoms with Crippen LogP contribution in [-0.4, -0.2) is 24.1 Å². The van der Waals surface area contributed by atoms with Gasteiger partial charge in [-0.05, 0) is 59.7 Å². The SMILES string of the molecule is c1cc(-c2nc(-c3ccc(-c4cccc5oc6ccccc6c45)cc3)nc(-n3c4ccccc4c4ccccc43)n2)cc(-n2c3ccccc3c3ccccc32)c1. The van der Waals surface area contributed by atoms with Crippen molar-refractivity contribution in [2.24, 2.45) is 0 Å². The summed E-state index contributed by atoms with van der Waals surface area (Å²) in [6, 6.07) is 65.5. The summed E-state index contributed by atoms with van der Waals surface area (Å²) in [5, 5.41) is 6.95. The molecule has 4 heterocycles. The highest BCUT2D eigenvalue weighted by Crippen LogP contribution is 2.38. The van der Waals surface area contributed by atoms with Crippen LogP contribution in [0.5, 0.6) is 0 Å². The Morgan fingerprint density at radius 3 is 1.47 bits per heavy atom. The van der Waals surface area contributed by atoms with E-state index in [9.17, 15) is 0 Å². The summed E-state index contributed by atoms with van der Waals surface area (Å²) in [5.41, 5.74) is 11.2. The Hall–Kier alpha value is -7.83. The Bertz CT molecular complexity index is 3430. The third-order valence-electron chi connectivity index (χ3n) is 11.2. The van der Waals surface area contributed by atoms with Crippen LogP contribution in [0.2, 0.25) is 0 Å². The predicted molar refractivity (Wildman–Crippen MR) is 232 cm³/mol. The number of benzene rings is 8. The van der Waals surface area contributed by atoms with E-state index in [-0.39, 0.29) is 0 Å². The van der Waals surface area contributed by atoms with E-state index in [0.717, 1.165) is 82.7 Å². The summed E-state index contributed by atoms with van der Waals surface area (Å²) in [6.07, 6.45) is 0. The maximum absolute atomic E-state index is 6.22. The summed E-state index contributed by atoms with van der Waals surface area (Å²) in [7, 11) is 0. The van der Waals surface area contributed by atoms with E-state index in [4.69, 9.17) is 19.4 Å². The molecule has 4 aromatic heterocycles. The molecule has 0 aliphatic rings.